The Morgan fingerprint density at radius 1 is 1.50 bits per heavy atom. The highest BCUT2D eigenvalue weighted by atomic mass is 32.2. The number of nitrogens with one attached hydrogen (secondary N) is 1. The topological polar surface area (TPSA) is 86.7 Å². The summed E-state index contributed by atoms with van der Waals surface area (Å²) in [5.74, 6) is -0.591. The maximum Gasteiger partial charge on any atom is 0.327 e. The van der Waals surface area contributed by atoms with Gasteiger partial charge in [-0.05, 0) is 6.42 Å². The molecule has 7 heteroatoms. The first kappa shape index (κ1) is 11.3. The SMILES string of the molecule is O=C1CC[C@@H](C(=O)N2CSC[C@H]2C(=O)O)N1. The molecule has 2 aliphatic rings. The van der Waals surface area contributed by atoms with Crippen LogP contribution in [0.3, 0.4) is 0 Å². The maximum atomic E-state index is 11.9. The van der Waals surface area contributed by atoms with E-state index in [9.17, 15) is 14.4 Å². The van der Waals surface area contributed by atoms with Gasteiger partial charge in [-0.2, -0.15) is 0 Å². The lowest BCUT2D eigenvalue weighted by Gasteiger charge is -2.23. The zero-order valence-electron chi connectivity index (χ0n) is 8.51. The number of carboxylic acid groups (broad SMARTS) is 1. The fraction of sp³-hybridized carbons (Fsp3) is 0.667. The highest BCUT2D eigenvalue weighted by Gasteiger charge is 2.39. The number of aliphatic carboxylic acids is 1. The molecule has 2 amide bonds. The number of thioether (sulfide) groups is 1. The van der Waals surface area contributed by atoms with Crippen LogP contribution < -0.4 is 5.32 Å². The van der Waals surface area contributed by atoms with Crippen LogP contribution in [-0.4, -0.2) is 51.5 Å². The van der Waals surface area contributed by atoms with Crippen molar-refractivity contribution in [1.82, 2.24) is 10.2 Å². The summed E-state index contributed by atoms with van der Waals surface area (Å²) in [6, 6.07) is -1.29. The summed E-state index contributed by atoms with van der Waals surface area (Å²) in [5, 5.41) is 11.5. The first-order valence-corrected chi connectivity index (χ1v) is 6.15. The zero-order valence-corrected chi connectivity index (χ0v) is 9.33. The molecule has 0 spiro atoms. The first-order chi connectivity index (χ1) is 7.59. The lowest BCUT2D eigenvalue weighted by Crippen LogP contribution is -2.49. The van der Waals surface area contributed by atoms with Crippen LogP contribution >= 0.6 is 11.8 Å². The summed E-state index contributed by atoms with van der Waals surface area (Å²) < 4.78 is 0. The third-order valence-electron chi connectivity index (χ3n) is 2.74. The molecule has 2 aliphatic heterocycles. The minimum Gasteiger partial charge on any atom is -0.480 e. The van der Waals surface area contributed by atoms with Gasteiger partial charge in [0.2, 0.25) is 11.8 Å². The van der Waals surface area contributed by atoms with E-state index in [4.69, 9.17) is 5.11 Å². The molecule has 2 saturated heterocycles. The molecule has 2 fully saturated rings. The molecule has 0 saturated carbocycles. The summed E-state index contributed by atoms with van der Waals surface area (Å²) >= 11 is 1.42. The predicted octanol–water partition coefficient (Wildman–Crippen LogP) is -0.749. The molecular weight excluding hydrogens is 232 g/mol. The summed E-state index contributed by atoms with van der Waals surface area (Å²) in [5.41, 5.74) is 0. The Bertz CT molecular complexity index is 346. The smallest absolute Gasteiger partial charge is 0.327 e. The molecule has 0 bridgehead atoms. The van der Waals surface area contributed by atoms with Crippen molar-refractivity contribution < 1.29 is 19.5 Å². The minimum absolute atomic E-state index is 0.142. The van der Waals surface area contributed by atoms with E-state index < -0.39 is 18.1 Å². The van der Waals surface area contributed by atoms with Crippen molar-refractivity contribution in [2.45, 2.75) is 24.9 Å². The third kappa shape index (κ3) is 1.99. The fourth-order valence-electron chi connectivity index (χ4n) is 1.86. The van der Waals surface area contributed by atoms with Gasteiger partial charge in [0.1, 0.15) is 12.1 Å². The summed E-state index contributed by atoms with van der Waals surface area (Å²) in [6.07, 6.45) is 0.806. The van der Waals surface area contributed by atoms with Gasteiger partial charge in [0.05, 0.1) is 5.88 Å². The van der Waals surface area contributed by atoms with Crippen molar-refractivity contribution >= 4 is 29.5 Å². The average Bonchev–Trinajstić information content (AvgIpc) is 2.84. The van der Waals surface area contributed by atoms with Crippen LogP contribution in [0.5, 0.6) is 0 Å². The monoisotopic (exact) mass is 244 g/mol. The second-order valence-corrected chi connectivity index (χ2v) is 4.82. The number of hydrogen-bond donors (Lipinski definition) is 2. The van der Waals surface area contributed by atoms with Gasteiger partial charge in [-0.1, -0.05) is 0 Å². The van der Waals surface area contributed by atoms with Crippen LogP contribution in [-0.2, 0) is 14.4 Å². The van der Waals surface area contributed by atoms with E-state index in [2.05, 4.69) is 5.32 Å². The molecule has 2 atom stereocenters. The largest absolute Gasteiger partial charge is 0.480 e. The van der Waals surface area contributed by atoms with Gasteiger partial charge < -0.3 is 15.3 Å². The van der Waals surface area contributed by atoms with Crippen LogP contribution in [0.1, 0.15) is 12.8 Å². The van der Waals surface area contributed by atoms with Gasteiger partial charge in [0, 0.05) is 12.2 Å². The molecule has 0 aromatic carbocycles. The molecule has 0 aromatic rings. The molecule has 6 nitrogen and oxygen atoms in total. The normalized spacial score (nSPS) is 29.2. The van der Waals surface area contributed by atoms with Crippen LogP contribution in [0, 0.1) is 0 Å². The van der Waals surface area contributed by atoms with Gasteiger partial charge in [0.15, 0.2) is 0 Å². The van der Waals surface area contributed by atoms with Crippen LogP contribution in [0.25, 0.3) is 0 Å². The van der Waals surface area contributed by atoms with E-state index in [0.717, 1.165) is 0 Å². The van der Waals surface area contributed by atoms with Crippen molar-refractivity contribution in [2.24, 2.45) is 0 Å². The molecule has 0 aromatic heterocycles. The van der Waals surface area contributed by atoms with E-state index in [1.807, 2.05) is 0 Å². The molecule has 0 aliphatic carbocycles. The lowest BCUT2D eigenvalue weighted by molar-refractivity contribution is -0.148. The average molecular weight is 244 g/mol. The maximum absolute atomic E-state index is 11.9. The predicted molar refractivity (Wildman–Crippen MR) is 56.8 cm³/mol. The van der Waals surface area contributed by atoms with Crippen molar-refractivity contribution in [3.8, 4) is 0 Å². The van der Waals surface area contributed by atoms with Crippen molar-refractivity contribution in [3.63, 3.8) is 0 Å². The van der Waals surface area contributed by atoms with Gasteiger partial charge in [-0.3, -0.25) is 9.59 Å². The van der Waals surface area contributed by atoms with Crippen LogP contribution in [0.2, 0.25) is 0 Å². The molecule has 2 N–H and O–H groups in total. The number of nitrogens with zero attached hydrogens (tertiary/aromatic N) is 1. The second-order valence-electron chi connectivity index (χ2n) is 3.82. The number of rotatable bonds is 2. The molecule has 0 unspecified atom stereocenters. The number of carbonyl (C=O) groups excluding carboxylic acids is 2. The fourth-order valence-corrected chi connectivity index (χ4v) is 3.02. The minimum atomic E-state index is -0.984. The van der Waals surface area contributed by atoms with Crippen LogP contribution in [0.15, 0.2) is 0 Å². The third-order valence-corrected chi connectivity index (χ3v) is 3.76. The lowest BCUT2D eigenvalue weighted by atomic mass is 10.2. The Balaban J connectivity index is 2.03. The number of hydrogen-bond acceptors (Lipinski definition) is 4. The van der Waals surface area contributed by atoms with Crippen LogP contribution in [0.4, 0.5) is 0 Å². The van der Waals surface area contributed by atoms with E-state index >= 15 is 0 Å². The Morgan fingerprint density at radius 3 is 2.81 bits per heavy atom. The number of carbonyl (C=O) groups is 3. The van der Waals surface area contributed by atoms with E-state index in [0.29, 0.717) is 24.5 Å². The van der Waals surface area contributed by atoms with E-state index in [1.165, 1.54) is 16.7 Å². The van der Waals surface area contributed by atoms with E-state index in [1.54, 1.807) is 0 Å². The molecule has 2 heterocycles. The van der Waals surface area contributed by atoms with Gasteiger partial charge >= 0.3 is 5.97 Å². The molecule has 2 rings (SSSR count). The standard InChI is InChI=1S/C9H12N2O4S/c12-7-2-1-5(10-7)8(13)11-4-16-3-6(11)9(14)15/h5-6H,1-4H2,(H,10,12)(H,14,15)/t5-,6-/m0/s1. The van der Waals surface area contributed by atoms with Gasteiger partial charge in [-0.15, -0.1) is 11.8 Å². The molecular formula is C9H12N2O4S. The first-order valence-electron chi connectivity index (χ1n) is 5.00. The quantitative estimate of drug-likeness (QED) is 0.667. The Kier molecular flexibility index (Phi) is 3.04. The summed E-state index contributed by atoms with van der Waals surface area (Å²) in [4.78, 5) is 35.2. The summed E-state index contributed by atoms with van der Waals surface area (Å²) in [6.45, 7) is 0. The highest BCUT2D eigenvalue weighted by Crippen LogP contribution is 2.23. The number of carboxylic acids is 1. The Hall–Kier alpha value is -1.24. The Morgan fingerprint density at radius 2 is 2.25 bits per heavy atom. The van der Waals surface area contributed by atoms with Gasteiger partial charge in [-0.25, -0.2) is 4.79 Å². The van der Waals surface area contributed by atoms with Crippen molar-refractivity contribution in [1.29, 1.82) is 0 Å². The molecule has 16 heavy (non-hydrogen) atoms. The zero-order chi connectivity index (χ0) is 11.7. The Labute approximate surface area is 96.4 Å². The highest BCUT2D eigenvalue weighted by molar-refractivity contribution is 7.99. The molecule has 88 valence electrons. The van der Waals surface area contributed by atoms with Crippen molar-refractivity contribution in [2.75, 3.05) is 11.6 Å². The summed E-state index contributed by atoms with van der Waals surface area (Å²) in [7, 11) is 0. The van der Waals surface area contributed by atoms with Gasteiger partial charge in [0.25, 0.3) is 0 Å². The van der Waals surface area contributed by atoms with E-state index in [-0.39, 0.29) is 11.8 Å². The van der Waals surface area contributed by atoms with Crippen molar-refractivity contribution in [3.05, 3.63) is 0 Å². The number of amides is 2. The molecule has 0 radical (unpaired) electrons. The second kappa shape index (κ2) is 4.32.